The van der Waals surface area contributed by atoms with Gasteiger partial charge in [0.15, 0.2) is 0 Å². The molecule has 1 fully saturated rings. The van der Waals surface area contributed by atoms with Crippen molar-refractivity contribution in [2.45, 2.75) is 51.3 Å². The summed E-state index contributed by atoms with van der Waals surface area (Å²) in [5, 5.41) is 26.4. The maximum absolute atomic E-state index is 14.2. The molecule has 0 bridgehead atoms. The van der Waals surface area contributed by atoms with Crippen LogP contribution in [0.1, 0.15) is 32.3 Å². The van der Waals surface area contributed by atoms with Gasteiger partial charge in [-0.05, 0) is 69.0 Å². The minimum Gasteiger partial charge on any atom is -0.497 e. The number of aryl methyl sites for hydroxylation is 2. The number of pyridine rings is 1. The first-order valence-electron chi connectivity index (χ1n) is 15.9. The van der Waals surface area contributed by atoms with Gasteiger partial charge in [-0.1, -0.05) is 23.7 Å². The van der Waals surface area contributed by atoms with Crippen LogP contribution in [0.2, 0.25) is 5.02 Å². The third-order valence-corrected chi connectivity index (χ3v) is 9.15. The Bertz CT molecular complexity index is 1990. The second-order valence-corrected chi connectivity index (χ2v) is 12.8. The van der Waals surface area contributed by atoms with Gasteiger partial charge in [0, 0.05) is 66.7 Å². The van der Waals surface area contributed by atoms with Crippen LogP contribution in [-0.4, -0.2) is 76.4 Å². The molecule has 5 rings (SSSR count). The van der Waals surface area contributed by atoms with E-state index in [1.54, 1.807) is 48.2 Å². The molecule has 3 heterocycles. The molecule has 12 nitrogen and oxygen atoms in total. The largest absolute Gasteiger partial charge is 0.497 e. The predicted octanol–water partition coefficient (Wildman–Crippen LogP) is 5.04. The lowest BCUT2D eigenvalue weighted by atomic mass is 9.95. The van der Waals surface area contributed by atoms with Gasteiger partial charge >= 0.3 is 0 Å². The fourth-order valence-electron chi connectivity index (χ4n) is 5.99. The summed E-state index contributed by atoms with van der Waals surface area (Å²) in [6, 6.07) is 14.4. The third kappa shape index (κ3) is 7.86. The van der Waals surface area contributed by atoms with E-state index in [1.165, 1.54) is 14.2 Å². The number of nitrogens with zero attached hydrogens (tertiary/aromatic N) is 5. The van der Waals surface area contributed by atoms with Gasteiger partial charge in [-0.25, -0.2) is 4.98 Å². The molecule has 0 atom stereocenters. The number of carbonyl (C=O) groups is 1. The van der Waals surface area contributed by atoms with Gasteiger partial charge in [-0.2, -0.15) is 10.2 Å². The van der Waals surface area contributed by atoms with Gasteiger partial charge in [0.25, 0.3) is 11.5 Å². The number of nitrogens with one attached hydrogen (secondary N) is 2. The molecule has 1 amide bonds. The Morgan fingerprint density at radius 3 is 2.59 bits per heavy atom. The lowest BCUT2D eigenvalue weighted by Gasteiger charge is -2.40. The molecule has 0 unspecified atom stereocenters. The molecule has 1 aliphatic rings. The highest BCUT2D eigenvalue weighted by Crippen LogP contribution is 2.38. The van der Waals surface area contributed by atoms with Crippen molar-refractivity contribution in [2.75, 3.05) is 45.0 Å². The first kappa shape index (κ1) is 35.3. The van der Waals surface area contributed by atoms with E-state index in [2.05, 4.69) is 25.5 Å². The normalized spacial score (nSPS) is 14.4. The number of ether oxygens (including phenoxy) is 2. The van der Waals surface area contributed by atoms with Gasteiger partial charge in [0.2, 0.25) is 5.95 Å². The minimum atomic E-state index is -0.550. The zero-order valence-electron chi connectivity index (χ0n) is 28.2. The molecule has 0 spiro atoms. The Hall–Kier alpha value is -4.96. The number of anilines is 2. The monoisotopic (exact) mass is 685 g/mol. The summed E-state index contributed by atoms with van der Waals surface area (Å²) in [6.45, 7) is 5.52. The van der Waals surface area contributed by atoms with Crippen LogP contribution in [-0.2, 0) is 17.8 Å². The fourth-order valence-corrected chi connectivity index (χ4v) is 6.28. The Morgan fingerprint density at radius 2 is 1.92 bits per heavy atom. The summed E-state index contributed by atoms with van der Waals surface area (Å²) in [4.78, 5) is 38.5. The van der Waals surface area contributed by atoms with Crippen LogP contribution in [0.25, 0.3) is 22.2 Å². The highest BCUT2D eigenvalue weighted by Gasteiger charge is 2.30. The molecule has 0 aliphatic carbocycles. The second-order valence-electron chi connectivity index (χ2n) is 12.4. The van der Waals surface area contributed by atoms with Crippen molar-refractivity contribution in [1.82, 2.24) is 19.4 Å². The van der Waals surface area contributed by atoms with Crippen LogP contribution >= 0.6 is 11.6 Å². The molecule has 49 heavy (non-hydrogen) atoms. The van der Waals surface area contributed by atoms with Crippen molar-refractivity contribution in [3.8, 4) is 28.7 Å². The molecule has 256 valence electrons. The number of carbonyl (C=O) groups excluding carboxylic acids is 1. The van der Waals surface area contributed by atoms with Gasteiger partial charge in [-0.15, -0.1) is 0 Å². The topological polar surface area (TPSA) is 155 Å². The number of likely N-dealkylation sites (tertiary alicyclic amines) is 1. The number of nitriles is 1. The quantitative estimate of drug-likeness (QED) is 0.145. The fraction of sp³-hybridized carbons (Fsp3) is 0.361. The number of aromatic nitrogens is 3. The molecule has 2 aromatic carbocycles. The molecular weight excluding hydrogens is 646 g/mol. The number of hydrogen-bond acceptors (Lipinski definition) is 10. The SMILES string of the molecule is CNc1ncc2cc(-c3cc(OC)cc(OC)c3Cl)c(=O)n(CCc3cccc(NC(=O)C(C#N)=CC(C)(C)N4CCC(O)CC4)c3)c2n1. The van der Waals surface area contributed by atoms with Crippen molar-refractivity contribution < 1.29 is 19.4 Å². The van der Waals surface area contributed by atoms with Gasteiger partial charge < -0.3 is 25.2 Å². The number of fused-ring (bicyclic) bond motifs is 1. The van der Waals surface area contributed by atoms with E-state index in [-0.39, 0.29) is 28.8 Å². The van der Waals surface area contributed by atoms with E-state index >= 15 is 0 Å². The zero-order valence-corrected chi connectivity index (χ0v) is 29.0. The minimum absolute atomic E-state index is 0.00391. The van der Waals surface area contributed by atoms with Crippen LogP contribution in [0.4, 0.5) is 11.6 Å². The van der Waals surface area contributed by atoms with Crippen LogP contribution in [0, 0.1) is 11.3 Å². The van der Waals surface area contributed by atoms with Crippen molar-refractivity contribution in [1.29, 1.82) is 5.26 Å². The average Bonchev–Trinajstić information content (AvgIpc) is 3.10. The van der Waals surface area contributed by atoms with Crippen LogP contribution in [0.3, 0.4) is 0 Å². The van der Waals surface area contributed by atoms with E-state index in [9.17, 15) is 20.0 Å². The van der Waals surface area contributed by atoms with Gasteiger partial charge in [0.05, 0.1) is 25.3 Å². The van der Waals surface area contributed by atoms with Gasteiger partial charge in [0.1, 0.15) is 28.8 Å². The number of amides is 1. The number of halogens is 1. The molecule has 4 aromatic rings. The average molecular weight is 686 g/mol. The van der Waals surface area contributed by atoms with Crippen molar-refractivity contribution in [3.05, 3.63) is 81.3 Å². The number of methoxy groups -OCH3 is 2. The lowest BCUT2D eigenvalue weighted by molar-refractivity contribution is -0.112. The van der Waals surface area contributed by atoms with Crippen molar-refractivity contribution in [2.24, 2.45) is 0 Å². The Labute approximate surface area is 290 Å². The van der Waals surface area contributed by atoms with E-state index in [0.717, 1.165) is 5.56 Å². The molecule has 1 saturated heterocycles. The number of aliphatic hydroxyl groups is 1. The van der Waals surface area contributed by atoms with E-state index in [4.69, 9.17) is 21.1 Å². The van der Waals surface area contributed by atoms with Crippen molar-refractivity contribution >= 4 is 40.2 Å². The van der Waals surface area contributed by atoms with E-state index in [0.29, 0.717) is 77.6 Å². The Morgan fingerprint density at radius 1 is 1.16 bits per heavy atom. The summed E-state index contributed by atoms with van der Waals surface area (Å²) in [5.41, 5.74) is 1.73. The number of rotatable bonds is 11. The molecule has 0 radical (unpaired) electrons. The van der Waals surface area contributed by atoms with Crippen LogP contribution < -0.4 is 25.7 Å². The molecule has 3 N–H and O–H groups in total. The van der Waals surface area contributed by atoms with Crippen LogP contribution in [0.5, 0.6) is 11.5 Å². The first-order chi connectivity index (χ1) is 23.5. The Kier molecular flexibility index (Phi) is 10.9. The smallest absolute Gasteiger partial charge is 0.266 e. The van der Waals surface area contributed by atoms with Gasteiger partial charge in [-0.3, -0.25) is 19.1 Å². The summed E-state index contributed by atoms with van der Waals surface area (Å²) in [7, 11) is 4.72. The highest BCUT2D eigenvalue weighted by atomic mass is 35.5. The lowest BCUT2D eigenvalue weighted by Crippen LogP contribution is -2.48. The molecular formula is C36H40ClN7O5. The highest BCUT2D eigenvalue weighted by molar-refractivity contribution is 6.35. The Balaban J connectivity index is 1.43. The maximum atomic E-state index is 14.2. The molecule has 0 saturated carbocycles. The predicted molar refractivity (Wildman–Crippen MR) is 190 cm³/mol. The third-order valence-electron chi connectivity index (χ3n) is 8.76. The number of benzene rings is 2. The summed E-state index contributed by atoms with van der Waals surface area (Å²) < 4.78 is 12.5. The zero-order chi connectivity index (χ0) is 35.3. The first-order valence-corrected chi connectivity index (χ1v) is 16.3. The van der Waals surface area contributed by atoms with Crippen LogP contribution in [0.15, 0.2) is 65.1 Å². The summed E-state index contributed by atoms with van der Waals surface area (Å²) in [5.74, 6) is 0.697. The number of aliphatic hydroxyl groups excluding tert-OH is 1. The standard InChI is InChI=1S/C36H40ClN7O5/c1-36(2,43-12-10-26(45)11-13-43)19-24(20-38)33(46)41-25-8-6-7-22(15-25)9-14-44-32-23(21-40-35(39-3)42-32)16-29(34(44)47)28-17-27(48-4)18-30(49-5)31(28)37/h6-8,15-19,21,26,45H,9-14H2,1-5H3,(H,41,46)(H,39,40,42). The summed E-state index contributed by atoms with van der Waals surface area (Å²) >= 11 is 6.70. The van der Waals surface area contributed by atoms with E-state index < -0.39 is 11.4 Å². The molecule has 2 aromatic heterocycles. The maximum Gasteiger partial charge on any atom is 0.266 e. The second kappa shape index (κ2) is 15.1. The number of hydrogen-bond donors (Lipinski definition) is 3. The van der Waals surface area contributed by atoms with E-state index in [1.807, 2.05) is 38.1 Å². The van der Waals surface area contributed by atoms with Crippen molar-refractivity contribution in [3.63, 3.8) is 0 Å². The summed E-state index contributed by atoms with van der Waals surface area (Å²) in [6.07, 6.45) is 4.73. The molecule has 1 aliphatic heterocycles. The molecule has 13 heteroatoms. The number of piperidine rings is 1.